The molecule has 4 aliphatic carbocycles. The van der Waals surface area contributed by atoms with Crippen molar-refractivity contribution in [3.63, 3.8) is 0 Å². The fourth-order valence-corrected chi connectivity index (χ4v) is 9.26. The normalized spacial score (nSPS) is 47.0. The van der Waals surface area contributed by atoms with Gasteiger partial charge in [0.2, 0.25) is 0 Å². The number of hydrogen-bond donors (Lipinski definition) is 3. The van der Waals surface area contributed by atoms with Gasteiger partial charge in [-0.2, -0.15) is 0 Å². The van der Waals surface area contributed by atoms with Crippen molar-refractivity contribution in [2.75, 3.05) is 0 Å². The number of fused-ring (bicyclic) bond motifs is 5. The molecule has 0 aromatic heterocycles. The van der Waals surface area contributed by atoms with Gasteiger partial charge in [0.05, 0.1) is 11.7 Å². The van der Waals surface area contributed by atoms with Crippen molar-refractivity contribution < 1.29 is 29.6 Å². The van der Waals surface area contributed by atoms with Crippen LogP contribution < -0.4 is 0 Å². The third-order valence-corrected chi connectivity index (χ3v) is 11.4. The Morgan fingerprint density at radius 1 is 1.03 bits per heavy atom. The van der Waals surface area contributed by atoms with E-state index in [4.69, 9.17) is 4.74 Å². The zero-order chi connectivity index (χ0) is 26.0. The van der Waals surface area contributed by atoms with E-state index in [-0.39, 0.29) is 53.9 Å². The second-order valence-corrected chi connectivity index (χ2v) is 13.5. The van der Waals surface area contributed by atoms with E-state index in [2.05, 4.69) is 27.7 Å². The quantitative estimate of drug-likeness (QED) is 0.474. The van der Waals surface area contributed by atoms with Crippen LogP contribution in [-0.2, 0) is 14.3 Å². The summed E-state index contributed by atoms with van der Waals surface area (Å²) >= 11 is 0. The molecule has 6 nitrogen and oxygen atoms in total. The Bertz CT molecular complexity index is 841. The zero-order valence-electron chi connectivity index (χ0n) is 22.7. The van der Waals surface area contributed by atoms with Gasteiger partial charge >= 0.3 is 5.97 Å². The van der Waals surface area contributed by atoms with E-state index in [1.165, 1.54) is 6.92 Å². The molecule has 3 N–H and O–H groups in total. The minimum Gasteiger partial charge on any atom is -0.462 e. The molecule has 4 rings (SSSR count). The minimum atomic E-state index is -1.66. The maximum absolute atomic E-state index is 13.5. The Kier molecular flexibility index (Phi) is 7.03. The molecule has 0 aliphatic heterocycles. The highest BCUT2D eigenvalue weighted by Crippen LogP contribution is 2.70. The Balaban J connectivity index is 1.62. The van der Waals surface area contributed by atoms with Gasteiger partial charge in [-0.05, 0) is 86.4 Å². The number of carbonyl (C=O) groups is 2. The number of hydrogen-bond acceptors (Lipinski definition) is 6. The lowest BCUT2D eigenvalue weighted by atomic mass is 9.40. The summed E-state index contributed by atoms with van der Waals surface area (Å²) < 4.78 is 5.85. The topological polar surface area (TPSA) is 104 Å². The molecule has 0 heterocycles. The second kappa shape index (κ2) is 9.09. The van der Waals surface area contributed by atoms with E-state index in [0.717, 1.165) is 32.1 Å². The van der Waals surface area contributed by atoms with E-state index in [0.29, 0.717) is 31.1 Å². The Labute approximate surface area is 211 Å². The van der Waals surface area contributed by atoms with Crippen molar-refractivity contribution in [3.8, 4) is 0 Å². The van der Waals surface area contributed by atoms with Crippen LogP contribution in [0.25, 0.3) is 0 Å². The first-order chi connectivity index (χ1) is 16.2. The number of ether oxygens (including phenoxy) is 1. The highest BCUT2D eigenvalue weighted by atomic mass is 16.5. The van der Waals surface area contributed by atoms with Gasteiger partial charge in [0.15, 0.2) is 5.78 Å². The largest absolute Gasteiger partial charge is 0.462 e. The molecule has 6 heteroatoms. The lowest BCUT2D eigenvalue weighted by Gasteiger charge is -2.67. The monoisotopic (exact) mass is 492 g/mol. The number of esters is 1. The van der Waals surface area contributed by atoms with Crippen molar-refractivity contribution in [1.82, 2.24) is 0 Å². The number of rotatable bonds is 6. The van der Waals surface area contributed by atoms with Crippen LogP contribution in [0.15, 0.2) is 0 Å². The summed E-state index contributed by atoms with van der Waals surface area (Å²) in [6.07, 6.45) is 5.54. The van der Waals surface area contributed by atoms with E-state index >= 15 is 0 Å². The highest BCUT2D eigenvalue weighted by Gasteiger charge is 2.74. The molecule has 0 aromatic rings. The fraction of sp³-hybridized carbons (Fsp3) is 0.931. The molecular weight excluding hydrogens is 444 g/mol. The van der Waals surface area contributed by atoms with Gasteiger partial charge in [0, 0.05) is 25.2 Å². The van der Waals surface area contributed by atoms with Crippen LogP contribution in [0, 0.1) is 40.4 Å². The van der Waals surface area contributed by atoms with Crippen molar-refractivity contribution in [1.29, 1.82) is 0 Å². The van der Waals surface area contributed by atoms with Crippen LogP contribution in [0.2, 0.25) is 0 Å². The molecule has 0 aromatic carbocycles. The summed E-state index contributed by atoms with van der Waals surface area (Å²) in [5.74, 6) is 0.666. The maximum atomic E-state index is 13.5. The first-order valence-electron chi connectivity index (χ1n) is 14.0. The van der Waals surface area contributed by atoms with Crippen LogP contribution in [0.4, 0.5) is 0 Å². The van der Waals surface area contributed by atoms with Gasteiger partial charge in [-0.15, -0.1) is 0 Å². The summed E-state index contributed by atoms with van der Waals surface area (Å²) in [6, 6.07) is 0. The zero-order valence-corrected chi connectivity index (χ0v) is 22.7. The number of carbonyl (C=O) groups excluding carboxylic acids is 2. The number of aliphatic hydroxyl groups excluding tert-OH is 1. The lowest BCUT2D eigenvalue weighted by molar-refractivity contribution is -0.278. The van der Waals surface area contributed by atoms with Crippen molar-refractivity contribution in [2.45, 2.75) is 129 Å². The van der Waals surface area contributed by atoms with Gasteiger partial charge in [0.25, 0.3) is 0 Å². The Hall–Kier alpha value is -0.980. The Morgan fingerprint density at radius 3 is 2.34 bits per heavy atom. The fourth-order valence-electron chi connectivity index (χ4n) is 9.26. The van der Waals surface area contributed by atoms with Crippen molar-refractivity contribution in [3.05, 3.63) is 0 Å². The minimum absolute atomic E-state index is 0.0267. The molecule has 0 spiro atoms. The molecule has 0 bridgehead atoms. The lowest BCUT2D eigenvalue weighted by Crippen LogP contribution is -2.75. The SMILES string of the molecule is CC(=O)O[C@@H](CCC(C)C)[C@@H](C)[C@H]1CC[C@H]2[C@@H]3CC(=O)[C@@]4(O)C[C@H](O)CC[C@]4(C)[C@@]3(O)CC[C@]12C. The van der Waals surface area contributed by atoms with E-state index in [1.807, 2.05) is 6.92 Å². The molecule has 10 atom stereocenters. The van der Waals surface area contributed by atoms with Gasteiger partial charge in [-0.1, -0.05) is 34.6 Å². The van der Waals surface area contributed by atoms with Crippen LogP contribution >= 0.6 is 0 Å². The summed E-state index contributed by atoms with van der Waals surface area (Å²) in [4.78, 5) is 25.4. The average Bonchev–Trinajstić information content (AvgIpc) is 3.11. The molecule has 0 radical (unpaired) electrons. The van der Waals surface area contributed by atoms with Crippen LogP contribution in [0.5, 0.6) is 0 Å². The summed E-state index contributed by atoms with van der Waals surface area (Å²) in [5.41, 5.74) is -3.77. The predicted molar refractivity (Wildman–Crippen MR) is 133 cm³/mol. The molecule has 35 heavy (non-hydrogen) atoms. The van der Waals surface area contributed by atoms with Crippen LogP contribution in [0.3, 0.4) is 0 Å². The molecular formula is C29H48O6. The maximum Gasteiger partial charge on any atom is 0.302 e. The van der Waals surface area contributed by atoms with Gasteiger partial charge in [-0.25, -0.2) is 0 Å². The molecule has 4 fully saturated rings. The van der Waals surface area contributed by atoms with E-state index < -0.39 is 22.7 Å². The molecule has 0 unspecified atom stereocenters. The number of Topliss-reactive ketones (excluding diaryl/α,β-unsaturated/α-hetero) is 1. The summed E-state index contributed by atoms with van der Waals surface area (Å²) in [6.45, 7) is 12.3. The van der Waals surface area contributed by atoms with Crippen LogP contribution in [0.1, 0.15) is 106 Å². The van der Waals surface area contributed by atoms with Crippen molar-refractivity contribution in [2.24, 2.45) is 40.4 Å². The van der Waals surface area contributed by atoms with Crippen molar-refractivity contribution >= 4 is 11.8 Å². The predicted octanol–water partition coefficient (Wildman–Crippen LogP) is 4.42. The average molecular weight is 493 g/mol. The molecule has 200 valence electrons. The first-order valence-corrected chi connectivity index (χ1v) is 14.0. The van der Waals surface area contributed by atoms with Gasteiger partial charge in [0.1, 0.15) is 11.7 Å². The third kappa shape index (κ3) is 4.01. The smallest absolute Gasteiger partial charge is 0.302 e. The molecule has 4 saturated carbocycles. The van der Waals surface area contributed by atoms with E-state index in [1.54, 1.807) is 0 Å². The first kappa shape index (κ1) is 27.1. The standard InChI is InChI=1S/C29H48O6/c1-17(2)7-10-24(35-19(4)30)18(3)21-8-9-22-23-15-25(32)29(34)16-20(31)11-12-27(29,6)28(23,33)14-13-26(21,22)5/h17-18,20-24,31,33-34H,7-16H2,1-6H3/t18-,20+,21+,22-,23-,24-,26+,27+,28+,29-/m0/s1. The number of ketones is 1. The van der Waals surface area contributed by atoms with E-state index in [9.17, 15) is 24.9 Å². The van der Waals surface area contributed by atoms with Gasteiger partial charge < -0.3 is 20.1 Å². The number of aliphatic hydroxyl groups is 3. The second-order valence-electron chi connectivity index (χ2n) is 13.5. The molecule has 0 saturated heterocycles. The molecule has 0 amide bonds. The van der Waals surface area contributed by atoms with Gasteiger partial charge in [-0.3, -0.25) is 9.59 Å². The summed E-state index contributed by atoms with van der Waals surface area (Å²) in [7, 11) is 0. The third-order valence-electron chi connectivity index (χ3n) is 11.4. The Morgan fingerprint density at radius 2 is 1.71 bits per heavy atom. The van der Waals surface area contributed by atoms with Crippen LogP contribution in [-0.4, -0.2) is 50.5 Å². The highest BCUT2D eigenvalue weighted by molar-refractivity contribution is 5.90. The summed E-state index contributed by atoms with van der Waals surface area (Å²) in [5, 5.41) is 34.2. The molecule has 4 aliphatic rings.